The minimum Gasteiger partial charge on any atom is -0.330 e. The molecule has 0 bridgehead atoms. The van der Waals surface area contributed by atoms with Crippen molar-refractivity contribution in [2.24, 2.45) is 5.73 Å². The minimum atomic E-state index is 0.652. The molecule has 17 heavy (non-hydrogen) atoms. The van der Waals surface area contributed by atoms with E-state index >= 15 is 0 Å². The van der Waals surface area contributed by atoms with Crippen LogP contribution in [0.1, 0.15) is 11.1 Å². The molecule has 2 rings (SSSR count). The molecule has 0 saturated carbocycles. The summed E-state index contributed by atoms with van der Waals surface area (Å²) in [5.74, 6) is 0. The fourth-order valence-electron chi connectivity index (χ4n) is 1.47. The standard InChI is InChI=1S/C12H14N4S/c1-9-6-10(2-4-13)7-15-12(9)17-11-3-5-14-8-16-11/h3,5-8H,2,4,13H2,1H3. The molecule has 4 nitrogen and oxygen atoms in total. The van der Waals surface area contributed by atoms with Crippen LogP contribution in [0.4, 0.5) is 0 Å². The maximum Gasteiger partial charge on any atom is 0.116 e. The number of nitrogens with zero attached hydrogens (tertiary/aromatic N) is 3. The third-order valence-electron chi connectivity index (χ3n) is 2.28. The van der Waals surface area contributed by atoms with Gasteiger partial charge in [-0.25, -0.2) is 15.0 Å². The zero-order chi connectivity index (χ0) is 12.1. The Labute approximate surface area is 105 Å². The Balaban J connectivity index is 2.17. The van der Waals surface area contributed by atoms with E-state index < -0.39 is 0 Å². The topological polar surface area (TPSA) is 64.7 Å². The first-order valence-corrected chi connectivity index (χ1v) is 6.20. The van der Waals surface area contributed by atoms with Crippen LogP contribution in [0.2, 0.25) is 0 Å². The molecular weight excluding hydrogens is 232 g/mol. The van der Waals surface area contributed by atoms with E-state index in [1.807, 2.05) is 12.3 Å². The highest BCUT2D eigenvalue weighted by Crippen LogP contribution is 2.26. The molecule has 0 unspecified atom stereocenters. The van der Waals surface area contributed by atoms with Crippen LogP contribution in [0.3, 0.4) is 0 Å². The second kappa shape index (κ2) is 5.75. The van der Waals surface area contributed by atoms with Gasteiger partial charge in [0.05, 0.1) is 0 Å². The highest BCUT2D eigenvalue weighted by Gasteiger charge is 2.04. The van der Waals surface area contributed by atoms with Crippen LogP contribution in [-0.4, -0.2) is 21.5 Å². The summed E-state index contributed by atoms with van der Waals surface area (Å²) in [7, 11) is 0. The zero-order valence-corrected chi connectivity index (χ0v) is 10.4. The molecule has 0 spiro atoms. The van der Waals surface area contributed by atoms with Gasteiger partial charge in [0, 0.05) is 12.4 Å². The first kappa shape index (κ1) is 12.0. The van der Waals surface area contributed by atoms with E-state index in [0.717, 1.165) is 22.0 Å². The van der Waals surface area contributed by atoms with Gasteiger partial charge in [-0.2, -0.15) is 0 Å². The molecule has 2 heterocycles. The number of hydrogen-bond acceptors (Lipinski definition) is 5. The van der Waals surface area contributed by atoms with E-state index in [1.165, 1.54) is 5.56 Å². The number of nitrogens with two attached hydrogens (primary N) is 1. The van der Waals surface area contributed by atoms with Gasteiger partial charge in [0.15, 0.2) is 0 Å². The monoisotopic (exact) mass is 246 g/mol. The molecular formula is C12H14N4S. The Morgan fingerprint density at radius 2 is 2.24 bits per heavy atom. The zero-order valence-electron chi connectivity index (χ0n) is 9.63. The van der Waals surface area contributed by atoms with Crippen molar-refractivity contribution in [3.63, 3.8) is 0 Å². The Morgan fingerprint density at radius 1 is 1.35 bits per heavy atom. The van der Waals surface area contributed by atoms with Crippen molar-refractivity contribution < 1.29 is 0 Å². The minimum absolute atomic E-state index is 0.652. The normalized spacial score (nSPS) is 10.5. The van der Waals surface area contributed by atoms with E-state index in [9.17, 15) is 0 Å². The molecule has 0 aliphatic rings. The van der Waals surface area contributed by atoms with Crippen LogP contribution >= 0.6 is 11.8 Å². The predicted molar refractivity (Wildman–Crippen MR) is 67.9 cm³/mol. The summed E-state index contributed by atoms with van der Waals surface area (Å²) in [6.45, 7) is 2.70. The summed E-state index contributed by atoms with van der Waals surface area (Å²) in [6, 6.07) is 4.00. The van der Waals surface area contributed by atoms with E-state index in [0.29, 0.717) is 6.54 Å². The van der Waals surface area contributed by atoms with Crippen molar-refractivity contribution in [1.29, 1.82) is 0 Å². The van der Waals surface area contributed by atoms with E-state index in [2.05, 4.69) is 27.9 Å². The first-order chi connectivity index (χ1) is 8.29. The van der Waals surface area contributed by atoms with E-state index in [4.69, 9.17) is 5.73 Å². The highest BCUT2D eigenvalue weighted by molar-refractivity contribution is 7.99. The molecule has 0 saturated heterocycles. The van der Waals surface area contributed by atoms with Gasteiger partial charge in [-0.1, -0.05) is 6.07 Å². The molecule has 0 aromatic carbocycles. The molecule has 0 fully saturated rings. The van der Waals surface area contributed by atoms with Gasteiger partial charge in [0.25, 0.3) is 0 Å². The van der Waals surface area contributed by atoms with Gasteiger partial charge in [0.1, 0.15) is 16.4 Å². The largest absolute Gasteiger partial charge is 0.330 e. The molecule has 2 N–H and O–H groups in total. The van der Waals surface area contributed by atoms with Crippen LogP contribution in [0.15, 0.2) is 40.9 Å². The summed E-state index contributed by atoms with van der Waals surface area (Å²) in [4.78, 5) is 12.5. The van der Waals surface area contributed by atoms with Crippen LogP contribution in [0, 0.1) is 6.92 Å². The third-order valence-corrected chi connectivity index (χ3v) is 3.35. The van der Waals surface area contributed by atoms with Crippen molar-refractivity contribution in [3.8, 4) is 0 Å². The lowest BCUT2D eigenvalue weighted by Gasteiger charge is -2.05. The Hall–Kier alpha value is -1.46. The summed E-state index contributed by atoms with van der Waals surface area (Å²) in [5, 5.41) is 1.88. The molecule has 88 valence electrons. The lowest BCUT2D eigenvalue weighted by molar-refractivity contribution is 0.934. The van der Waals surface area contributed by atoms with Crippen molar-refractivity contribution in [3.05, 3.63) is 42.0 Å². The summed E-state index contributed by atoms with van der Waals surface area (Å²) in [6.07, 6.45) is 6.02. The van der Waals surface area contributed by atoms with Gasteiger partial charge >= 0.3 is 0 Å². The molecule has 0 atom stereocenters. The molecule has 0 amide bonds. The van der Waals surface area contributed by atoms with E-state index in [-0.39, 0.29) is 0 Å². The summed E-state index contributed by atoms with van der Waals surface area (Å²) >= 11 is 1.55. The van der Waals surface area contributed by atoms with Crippen molar-refractivity contribution in [2.45, 2.75) is 23.4 Å². The molecule has 2 aromatic heterocycles. The number of aryl methyl sites for hydroxylation is 1. The van der Waals surface area contributed by atoms with Crippen LogP contribution in [0.25, 0.3) is 0 Å². The SMILES string of the molecule is Cc1cc(CCN)cnc1Sc1ccncn1. The third kappa shape index (κ3) is 3.25. The van der Waals surface area contributed by atoms with E-state index in [1.54, 1.807) is 24.3 Å². The van der Waals surface area contributed by atoms with Gasteiger partial charge < -0.3 is 5.73 Å². The second-order valence-electron chi connectivity index (χ2n) is 3.65. The quantitative estimate of drug-likeness (QED) is 0.834. The predicted octanol–water partition coefficient (Wildman–Crippen LogP) is 1.83. The average Bonchev–Trinajstić information content (AvgIpc) is 2.34. The van der Waals surface area contributed by atoms with Crippen LogP contribution in [0.5, 0.6) is 0 Å². The van der Waals surface area contributed by atoms with Crippen LogP contribution < -0.4 is 5.73 Å². The first-order valence-electron chi connectivity index (χ1n) is 5.39. The van der Waals surface area contributed by atoms with Crippen molar-refractivity contribution in [2.75, 3.05) is 6.54 Å². The molecule has 0 aliphatic carbocycles. The lowest BCUT2D eigenvalue weighted by Crippen LogP contribution is -2.03. The van der Waals surface area contributed by atoms with Gasteiger partial charge in [-0.3, -0.25) is 0 Å². The van der Waals surface area contributed by atoms with Crippen molar-refractivity contribution in [1.82, 2.24) is 15.0 Å². The number of rotatable bonds is 4. The van der Waals surface area contributed by atoms with Crippen LogP contribution in [-0.2, 0) is 6.42 Å². The highest BCUT2D eigenvalue weighted by atomic mass is 32.2. The fourth-order valence-corrected chi connectivity index (χ4v) is 2.22. The molecule has 5 heteroatoms. The molecule has 2 aromatic rings. The van der Waals surface area contributed by atoms with Crippen molar-refractivity contribution >= 4 is 11.8 Å². The summed E-state index contributed by atoms with van der Waals surface area (Å²) in [5.41, 5.74) is 7.85. The molecule has 0 radical (unpaired) electrons. The Morgan fingerprint density at radius 3 is 2.88 bits per heavy atom. The Bertz CT molecular complexity index is 487. The fraction of sp³-hybridized carbons (Fsp3) is 0.250. The second-order valence-corrected chi connectivity index (χ2v) is 4.66. The maximum absolute atomic E-state index is 5.52. The Kier molecular flexibility index (Phi) is 4.06. The maximum atomic E-state index is 5.52. The number of hydrogen-bond donors (Lipinski definition) is 1. The molecule has 0 aliphatic heterocycles. The average molecular weight is 246 g/mol. The van der Waals surface area contributed by atoms with Gasteiger partial charge in [0.2, 0.25) is 0 Å². The van der Waals surface area contributed by atoms with Gasteiger partial charge in [-0.15, -0.1) is 0 Å². The van der Waals surface area contributed by atoms with Gasteiger partial charge in [-0.05, 0) is 48.8 Å². The lowest BCUT2D eigenvalue weighted by atomic mass is 10.2. The number of aromatic nitrogens is 3. The smallest absolute Gasteiger partial charge is 0.116 e. The number of pyridine rings is 1. The summed E-state index contributed by atoms with van der Waals surface area (Å²) < 4.78 is 0.